The molecule has 0 spiro atoms. The number of hydrogen-bond acceptors (Lipinski definition) is 2. The summed E-state index contributed by atoms with van der Waals surface area (Å²) in [5.74, 6) is 1.78. The molecule has 2 heterocycles. The third-order valence-corrected chi connectivity index (χ3v) is 5.45. The van der Waals surface area contributed by atoms with E-state index in [1.165, 1.54) is 18.9 Å². The van der Waals surface area contributed by atoms with Crippen molar-refractivity contribution in [1.82, 2.24) is 14.7 Å². The van der Waals surface area contributed by atoms with Gasteiger partial charge in [-0.25, -0.2) is 13.9 Å². The van der Waals surface area contributed by atoms with Crippen molar-refractivity contribution < 1.29 is 9.18 Å². The highest BCUT2D eigenvalue weighted by Crippen LogP contribution is 2.31. The van der Waals surface area contributed by atoms with Crippen molar-refractivity contribution in [3.05, 3.63) is 47.9 Å². The molecule has 1 aromatic carbocycles. The number of carbonyl (C=O) groups is 1. The average molecular weight is 356 g/mol. The molecule has 6 heteroatoms. The molecule has 4 rings (SSSR count). The Morgan fingerprint density at radius 3 is 2.62 bits per heavy atom. The Kier molecular flexibility index (Phi) is 4.91. The Hall–Kier alpha value is -2.37. The Balaban J connectivity index is 1.28. The van der Waals surface area contributed by atoms with E-state index in [1.807, 2.05) is 27.8 Å². The van der Waals surface area contributed by atoms with Crippen LogP contribution >= 0.6 is 0 Å². The Labute approximate surface area is 153 Å². The summed E-state index contributed by atoms with van der Waals surface area (Å²) in [4.78, 5) is 14.4. The molecule has 2 amide bonds. The second-order valence-electron chi connectivity index (χ2n) is 7.50. The molecule has 0 bridgehead atoms. The van der Waals surface area contributed by atoms with E-state index in [0.717, 1.165) is 37.2 Å². The summed E-state index contributed by atoms with van der Waals surface area (Å²) in [7, 11) is 0. The van der Waals surface area contributed by atoms with Crippen LogP contribution in [-0.4, -0.2) is 33.8 Å². The number of nitrogens with zero attached hydrogens (tertiary/aromatic N) is 3. The molecule has 0 atom stereocenters. The fourth-order valence-electron chi connectivity index (χ4n) is 3.63. The van der Waals surface area contributed by atoms with Gasteiger partial charge in [-0.05, 0) is 55.6 Å². The number of likely N-dealkylation sites (tertiary alicyclic amines) is 1. The number of benzene rings is 1. The maximum Gasteiger partial charge on any atom is 0.322 e. The minimum atomic E-state index is -0.128. The second-order valence-corrected chi connectivity index (χ2v) is 7.50. The quantitative estimate of drug-likeness (QED) is 0.883. The molecule has 26 heavy (non-hydrogen) atoms. The Morgan fingerprint density at radius 1 is 1.12 bits per heavy atom. The highest BCUT2D eigenvalue weighted by atomic mass is 19.1. The van der Waals surface area contributed by atoms with Crippen LogP contribution in [0.2, 0.25) is 0 Å². The first kappa shape index (κ1) is 17.1. The fraction of sp³-hybridized carbons (Fsp3) is 0.500. The predicted octanol–water partition coefficient (Wildman–Crippen LogP) is 3.92. The van der Waals surface area contributed by atoms with Gasteiger partial charge in [0, 0.05) is 25.7 Å². The van der Waals surface area contributed by atoms with E-state index in [0.29, 0.717) is 24.9 Å². The second kappa shape index (κ2) is 7.48. The number of hydrogen-bond donors (Lipinski definition) is 1. The molecule has 1 saturated carbocycles. The average Bonchev–Trinajstić information content (AvgIpc) is 3.36. The van der Waals surface area contributed by atoms with E-state index < -0.39 is 0 Å². The van der Waals surface area contributed by atoms with Gasteiger partial charge in [-0.3, -0.25) is 5.32 Å². The van der Waals surface area contributed by atoms with Crippen LogP contribution in [0.5, 0.6) is 0 Å². The smallest absolute Gasteiger partial charge is 0.322 e. The van der Waals surface area contributed by atoms with Crippen LogP contribution < -0.4 is 5.32 Å². The van der Waals surface area contributed by atoms with Gasteiger partial charge in [0.05, 0.1) is 6.20 Å². The molecule has 5 nitrogen and oxygen atoms in total. The maximum atomic E-state index is 13.8. The molecular weight excluding hydrogens is 331 g/mol. The molecule has 1 N–H and O–H groups in total. The summed E-state index contributed by atoms with van der Waals surface area (Å²) in [6.07, 6.45) is 6.80. The van der Waals surface area contributed by atoms with Crippen LogP contribution in [0.15, 0.2) is 36.5 Å². The largest absolute Gasteiger partial charge is 0.324 e. The molecule has 1 aliphatic heterocycles. The van der Waals surface area contributed by atoms with Gasteiger partial charge in [-0.1, -0.05) is 18.2 Å². The SMILES string of the molecule is O=C(Nc1ccnn1CC1CC1)N1CCC(Cc2ccccc2F)CC1. The maximum absolute atomic E-state index is 13.8. The van der Waals surface area contributed by atoms with Crippen molar-refractivity contribution in [3.8, 4) is 0 Å². The lowest BCUT2D eigenvalue weighted by molar-refractivity contribution is 0.182. The van der Waals surface area contributed by atoms with Crippen LogP contribution in [0.4, 0.5) is 15.0 Å². The van der Waals surface area contributed by atoms with Crippen LogP contribution in [0.1, 0.15) is 31.2 Å². The summed E-state index contributed by atoms with van der Waals surface area (Å²) in [5.41, 5.74) is 0.777. The molecule has 2 aromatic rings. The van der Waals surface area contributed by atoms with Crippen LogP contribution in [0.3, 0.4) is 0 Å². The zero-order valence-electron chi connectivity index (χ0n) is 14.9. The van der Waals surface area contributed by atoms with E-state index in [1.54, 1.807) is 12.3 Å². The van der Waals surface area contributed by atoms with Gasteiger partial charge in [0.2, 0.25) is 0 Å². The Morgan fingerprint density at radius 2 is 1.88 bits per heavy atom. The molecule has 2 fully saturated rings. The van der Waals surface area contributed by atoms with Crippen LogP contribution in [0, 0.1) is 17.7 Å². The molecule has 1 saturated heterocycles. The van der Waals surface area contributed by atoms with E-state index >= 15 is 0 Å². The first-order valence-electron chi connectivity index (χ1n) is 9.50. The summed E-state index contributed by atoms with van der Waals surface area (Å²) in [6.45, 7) is 2.30. The molecule has 1 aliphatic carbocycles. The molecule has 2 aliphatic rings. The van der Waals surface area contributed by atoms with Crippen molar-refractivity contribution in [2.75, 3.05) is 18.4 Å². The molecule has 1 aromatic heterocycles. The number of piperidine rings is 1. The number of rotatable bonds is 5. The minimum absolute atomic E-state index is 0.0631. The summed E-state index contributed by atoms with van der Waals surface area (Å²) in [6, 6.07) is 8.77. The zero-order valence-corrected chi connectivity index (χ0v) is 14.9. The number of halogens is 1. The summed E-state index contributed by atoms with van der Waals surface area (Å²) in [5, 5.41) is 7.30. The van der Waals surface area contributed by atoms with Crippen LogP contribution in [-0.2, 0) is 13.0 Å². The predicted molar refractivity (Wildman–Crippen MR) is 98.4 cm³/mol. The van der Waals surface area contributed by atoms with Gasteiger partial charge in [0.25, 0.3) is 0 Å². The number of nitrogens with one attached hydrogen (secondary N) is 1. The van der Waals surface area contributed by atoms with Gasteiger partial charge >= 0.3 is 6.03 Å². The third kappa shape index (κ3) is 4.06. The van der Waals surface area contributed by atoms with E-state index in [9.17, 15) is 9.18 Å². The van der Waals surface area contributed by atoms with E-state index in [-0.39, 0.29) is 11.8 Å². The summed E-state index contributed by atoms with van der Waals surface area (Å²) < 4.78 is 15.7. The zero-order chi connectivity index (χ0) is 17.9. The summed E-state index contributed by atoms with van der Waals surface area (Å²) >= 11 is 0. The lowest BCUT2D eigenvalue weighted by Gasteiger charge is -2.32. The van der Waals surface area contributed by atoms with Crippen LogP contribution in [0.25, 0.3) is 0 Å². The monoisotopic (exact) mass is 356 g/mol. The van der Waals surface area contributed by atoms with E-state index in [4.69, 9.17) is 0 Å². The van der Waals surface area contributed by atoms with E-state index in [2.05, 4.69) is 10.4 Å². The van der Waals surface area contributed by atoms with Crippen molar-refractivity contribution >= 4 is 11.8 Å². The number of anilines is 1. The van der Waals surface area contributed by atoms with Crippen molar-refractivity contribution in [1.29, 1.82) is 0 Å². The normalized spacial score (nSPS) is 18.1. The molecule has 138 valence electrons. The molecular formula is C20H25FN4O. The molecule has 0 unspecified atom stereocenters. The number of amides is 2. The van der Waals surface area contributed by atoms with Gasteiger partial charge in [-0.2, -0.15) is 5.10 Å². The number of carbonyl (C=O) groups excluding carboxylic acids is 1. The highest BCUT2D eigenvalue weighted by Gasteiger charge is 2.26. The van der Waals surface area contributed by atoms with Gasteiger partial charge < -0.3 is 4.90 Å². The number of urea groups is 1. The Bertz CT molecular complexity index is 763. The van der Waals surface area contributed by atoms with Gasteiger partial charge in [0.1, 0.15) is 11.6 Å². The lowest BCUT2D eigenvalue weighted by Crippen LogP contribution is -2.41. The van der Waals surface area contributed by atoms with Gasteiger partial charge in [0.15, 0.2) is 0 Å². The van der Waals surface area contributed by atoms with Gasteiger partial charge in [-0.15, -0.1) is 0 Å². The third-order valence-electron chi connectivity index (χ3n) is 5.45. The highest BCUT2D eigenvalue weighted by molar-refractivity contribution is 5.88. The number of aromatic nitrogens is 2. The standard InChI is InChI=1S/C20H25FN4O/c21-18-4-2-1-3-17(18)13-15-8-11-24(12-9-15)20(26)23-19-7-10-22-25(19)14-16-5-6-16/h1-4,7,10,15-16H,5-6,8-9,11-14H2,(H,23,26). The van der Waals surface area contributed by atoms with Crippen molar-refractivity contribution in [3.63, 3.8) is 0 Å². The minimum Gasteiger partial charge on any atom is -0.324 e. The topological polar surface area (TPSA) is 50.2 Å². The van der Waals surface area contributed by atoms with Crippen molar-refractivity contribution in [2.45, 2.75) is 38.6 Å². The lowest BCUT2D eigenvalue weighted by atomic mass is 9.90. The first-order chi connectivity index (χ1) is 12.7. The first-order valence-corrected chi connectivity index (χ1v) is 9.50. The van der Waals surface area contributed by atoms with Crippen molar-refractivity contribution in [2.24, 2.45) is 11.8 Å². The molecule has 0 radical (unpaired) electrons. The fourth-order valence-corrected chi connectivity index (χ4v) is 3.63.